The summed E-state index contributed by atoms with van der Waals surface area (Å²) in [5, 5.41) is 25.2. The largest absolute Gasteiger partial charge is 0.493 e. The second kappa shape index (κ2) is 8.58. The van der Waals surface area contributed by atoms with E-state index < -0.39 is 30.5 Å². The summed E-state index contributed by atoms with van der Waals surface area (Å²) in [5.41, 5.74) is 4.98. The van der Waals surface area contributed by atoms with E-state index in [4.69, 9.17) is 10.8 Å². The molecule has 0 spiro atoms. The zero-order valence-corrected chi connectivity index (χ0v) is 13.5. The van der Waals surface area contributed by atoms with Crippen molar-refractivity contribution in [1.82, 2.24) is 20.1 Å². The number of carboxylic acid groups (broad SMARTS) is 1. The fourth-order valence-electron chi connectivity index (χ4n) is 1.98. The zero-order chi connectivity index (χ0) is 19.1. The number of aliphatic carboxylic acids is 1. The Labute approximate surface area is 147 Å². The van der Waals surface area contributed by atoms with Crippen LogP contribution < -0.4 is 11.1 Å². The number of hydrogen-bond donors (Lipinski definition) is 4. The van der Waals surface area contributed by atoms with Gasteiger partial charge in [-0.05, 0) is 12.1 Å². The molecule has 0 bridgehead atoms. The van der Waals surface area contributed by atoms with E-state index in [9.17, 15) is 19.5 Å². The molecular formula is C15H17N5O6. The number of carbonyl (C=O) groups excluding carboxylic acids is 2. The van der Waals surface area contributed by atoms with Crippen LogP contribution >= 0.6 is 0 Å². The van der Waals surface area contributed by atoms with Gasteiger partial charge in [0.15, 0.2) is 17.6 Å². The van der Waals surface area contributed by atoms with Gasteiger partial charge in [0, 0.05) is 25.2 Å². The lowest BCUT2D eigenvalue weighted by molar-refractivity contribution is -0.163. The number of aromatic hydroxyl groups is 1. The predicted molar refractivity (Wildman–Crippen MR) is 86.5 cm³/mol. The van der Waals surface area contributed by atoms with E-state index >= 15 is 0 Å². The molecule has 2 rings (SSSR count). The molecule has 0 saturated carbocycles. The highest BCUT2D eigenvalue weighted by atomic mass is 16.6. The van der Waals surface area contributed by atoms with Crippen molar-refractivity contribution in [2.45, 2.75) is 12.5 Å². The van der Waals surface area contributed by atoms with Crippen LogP contribution in [0.4, 0.5) is 0 Å². The van der Waals surface area contributed by atoms with Gasteiger partial charge in [0.25, 0.3) is 5.91 Å². The number of esters is 1. The third-order valence-electron chi connectivity index (χ3n) is 3.20. The molecule has 0 aliphatic heterocycles. The first kappa shape index (κ1) is 18.9. The fraction of sp³-hybridized carbons (Fsp3) is 0.267. The average molecular weight is 363 g/mol. The number of nitrogens with zero attached hydrogens (tertiary/aromatic N) is 3. The number of nitrogens with two attached hydrogens (primary N) is 1. The van der Waals surface area contributed by atoms with Gasteiger partial charge in [0.05, 0.1) is 6.54 Å². The molecule has 2 heterocycles. The summed E-state index contributed by atoms with van der Waals surface area (Å²) < 4.78 is 5.73. The molecule has 1 atom stereocenters. The molecule has 1 unspecified atom stereocenters. The first-order valence-corrected chi connectivity index (χ1v) is 7.53. The number of carboxylic acids is 1. The lowest BCUT2D eigenvalue weighted by atomic mass is 10.2. The lowest BCUT2D eigenvalue weighted by Gasteiger charge is -2.13. The van der Waals surface area contributed by atoms with E-state index in [2.05, 4.69) is 20.1 Å². The van der Waals surface area contributed by atoms with Crippen LogP contribution in [0.3, 0.4) is 0 Å². The van der Waals surface area contributed by atoms with Gasteiger partial charge in [0.2, 0.25) is 5.88 Å². The van der Waals surface area contributed by atoms with Crippen LogP contribution in [0.2, 0.25) is 0 Å². The Morgan fingerprint density at radius 2 is 2.12 bits per heavy atom. The van der Waals surface area contributed by atoms with Crippen LogP contribution in [0.25, 0.3) is 5.82 Å². The molecular weight excluding hydrogens is 346 g/mol. The Morgan fingerprint density at radius 3 is 2.73 bits per heavy atom. The molecule has 0 aromatic carbocycles. The monoisotopic (exact) mass is 363 g/mol. The quantitative estimate of drug-likeness (QED) is 0.432. The number of hydrogen-bond acceptors (Lipinski definition) is 8. The third-order valence-corrected chi connectivity index (χ3v) is 3.20. The number of carbonyl (C=O) groups is 3. The van der Waals surface area contributed by atoms with Crippen molar-refractivity contribution in [3.63, 3.8) is 0 Å². The number of rotatable bonds is 8. The molecule has 0 fully saturated rings. The van der Waals surface area contributed by atoms with E-state index in [-0.39, 0.29) is 24.5 Å². The molecule has 2 aromatic rings. The molecule has 1 amide bonds. The minimum atomic E-state index is -1.43. The van der Waals surface area contributed by atoms with Gasteiger partial charge in [-0.3, -0.25) is 9.59 Å². The Morgan fingerprint density at radius 1 is 1.35 bits per heavy atom. The number of ether oxygens (including phenoxy) is 1. The van der Waals surface area contributed by atoms with Crippen LogP contribution in [0.5, 0.6) is 5.88 Å². The molecule has 0 radical (unpaired) electrons. The molecule has 11 nitrogen and oxygen atoms in total. The minimum absolute atomic E-state index is 0.0843. The lowest BCUT2D eigenvalue weighted by Crippen LogP contribution is -2.34. The van der Waals surface area contributed by atoms with Crippen LogP contribution in [-0.4, -0.2) is 62.0 Å². The molecule has 0 aliphatic carbocycles. The zero-order valence-electron chi connectivity index (χ0n) is 13.5. The standard InChI is InChI=1S/C15H17N5O6/c16-8-13(22)26-10(15(24)25)4-6-18-14(23)9-7-12(21)20(19-9)11-3-1-2-5-17-11/h1-3,5,7,10,21H,4,6,8,16H2,(H,18,23)(H,24,25). The normalized spacial score (nSPS) is 11.6. The number of pyridine rings is 1. The van der Waals surface area contributed by atoms with Gasteiger partial charge in [-0.1, -0.05) is 6.07 Å². The van der Waals surface area contributed by atoms with Crippen molar-refractivity contribution in [1.29, 1.82) is 0 Å². The summed E-state index contributed by atoms with van der Waals surface area (Å²) in [6, 6.07) is 6.12. The van der Waals surface area contributed by atoms with Crippen molar-refractivity contribution in [3.8, 4) is 11.7 Å². The van der Waals surface area contributed by atoms with Crippen molar-refractivity contribution < 1.29 is 29.3 Å². The van der Waals surface area contributed by atoms with Gasteiger partial charge < -0.3 is 26.0 Å². The maximum atomic E-state index is 12.1. The Bertz CT molecular complexity index is 791. The third kappa shape index (κ3) is 4.77. The van der Waals surface area contributed by atoms with Gasteiger partial charge in [-0.25, -0.2) is 9.78 Å². The minimum Gasteiger partial charge on any atom is -0.493 e. The van der Waals surface area contributed by atoms with E-state index in [1.165, 1.54) is 6.20 Å². The molecule has 5 N–H and O–H groups in total. The highest BCUT2D eigenvalue weighted by Gasteiger charge is 2.22. The van der Waals surface area contributed by atoms with Crippen LogP contribution in [0.1, 0.15) is 16.9 Å². The summed E-state index contributed by atoms with van der Waals surface area (Å²) in [5.74, 6) is -2.80. The number of aromatic nitrogens is 3. The summed E-state index contributed by atoms with van der Waals surface area (Å²) in [6.07, 6.45) is -0.0734. The van der Waals surface area contributed by atoms with Crippen LogP contribution in [0, 0.1) is 0 Å². The smallest absolute Gasteiger partial charge is 0.345 e. The van der Waals surface area contributed by atoms with Crippen LogP contribution in [0.15, 0.2) is 30.5 Å². The summed E-state index contributed by atoms with van der Waals surface area (Å²) >= 11 is 0. The van der Waals surface area contributed by atoms with E-state index in [0.717, 1.165) is 10.7 Å². The van der Waals surface area contributed by atoms with Crippen molar-refractivity contribution >= 4 is 17.8 Å². The first-order valence-electron chi connectivity index (χ1n) is 7.53. The Hall–Kier alpha value is -3.47. The highest BCUT2D eigenvalue weighted by Crippen LogP contribution is 2.16. The van der Waals surface area contributed by atoms with Crippen LogP contribution in [-0.2, 0) is 14.3 Å². The topological polar surface area (TPSA) is 170 Å². The van der Waals surface area contributed by atoms with E-state index in [0.29, 0.717) is 5.82 Å². The van der Waals surface area contributed by atoms with Gasteiger partial charge in [0.1, 0.15) is 0 Å². The molecule has 11 heteroatoms. The summed E-state index contributed by atoms with van der Waals surface area (Å²) in [4.78, 5) is 38.2. The molecule has 0 saturated heterocycles. The van der Waals surface area contributed by atoms with Crippen molar-refractivity contribution in [2.24, 2.45) is 5.73 Å². The summed E-state index contributed by atoms with van der Waals surface area (Å²) in [6.45, 7) is -0.536. The Balaban J connectivity index is 1.96. The maximum Gasteiger partial charge on any atom is 0.345 e. The second-order valence-corrected chi connectivity index (χ2v) is 5.05. The summed E-state index contributed by atoms with van der Waals surface area (Å²) in [7, 11) is 0. The highest BCUT2D eigenvalue weighted by molar-refractivity contribution is 5.92. The molecule has 0 aliphatic rings. The van der Waals surface area contributed by atoms with E-state index in [1.54, 1.807) is 18.2 Å². The number of nitrogens with one attached hydrogen (secondary N) is 1. The van der Waals surface area contributed by atoms with E-state index in [1.807, 2.05) is 0 Å². The molecule has 2 aromatic heterocycles. The van der Waals surface area contributed by atoms with Crippen molar-refractivity contribution in [3.05, 3.63) is 36.2 Å². The fourth-order valence-corrected chi connectivity index (χ4v) is 1.98. The number of amides is 1. The Kier molecular flexibility index (Phi) is 6.22. The first-order chi connectivity index (χ1) is 12.4. The van der Waals surface area contributed by atoms with Gasteiger partial charge >= 0.3 is 11.9 Å². The second-order valence-electron chi connectivity index (χ2n) is 5.05. The SMILES string of the molecule is NCC(=O)OC(CCNC(=O)c1cc(O)n(-c2ccccn2)n1)C(=O)O. The maximum absolute atomic E-state index is 12.1. The van der Waals surface area contributed by atoms with Gasteiger partial charge in [-0.2, -0.15) is 9.78 Å². The van der Waals surface area contributed by atoms with Gasteiger partial charge in [-0.15, -0.1) is 0 Å². The van der Waals surface area contributed by atoms with Crippen molar-refractivity contribution in [2.75, 3.05) is 13.1 Å². The molecule has 26 heavy (non-hydrogen) atoms. The molecule has 138 valence electrons. The predicted octanol–water partition coefficient (Wildman–Crippen LogP) is -0.952. The average Bonchev–Trinajstić information content (AvgIpc) is 3.03.